The lowest BCUT2D eigenvalue weighted by molar-refractivity contribution is 0.143. The Bertz CT molecular complexity index is 146. The largest absolute Gasteiger partial charge is 0.746 e. The monoisotopic (exact) mass is 141 g/mol. The van der Waals surface area contributed by atoms with Gasteiger partial charge in [0.25, 0.3) is 0 Å². The average Bonchev–Trinajstić information content (AvgIpc) is 1.62. The molecule has 0 heterocycles. The maximum Gasteiger partial charge on any atom is 0.166 e. The standard InChI is InChI=1S/C2H6O5S/c3-1-2(4)8(5,6)7/h2-4H,1H2,(H,5,6,7)/p-1. The fourth-order valence-corrected chi connectivity index (χ4v) is 0.274. The average molecular weight is 141 g/mol. The molecule has 0 bridgehead atoms. The lowest BCUT2D eigenvalue weighted by Gasteiger charge is -2.10. The van der Waals surface area contributed by atoms with Crippen molar-refractivity contribution in [3.05, 3.63) is 0 Å². The van der Waals surface area contributed by atoms with Gasteiger partial charge in [-0.2, -0.15) is 0 Å². The van der Waals surface area contributed by atoms with E-state index in [9.17, 15) is 13.0 Å². The van der Waals surface area contributed by atoms with Crippen LogP contribution in [0.5, 0.6) is 0 Å². The second-order valence-electron chi connectivity index (χ2n) is 1.13. The predicted octanol–water partition coefficient (Wildman–Crippen LogP) is -2.16. The molecule has 0 aromatic heterocycles. The van der Waals surface area contributed by atoms with Gasteiger partial charge in [-0.1, -0.05) is 0 Å². The van der Waals surface area contributed by atoms with Crippen LogP contribution >= 0.6 is 0 Å². The fourth-order valence-electron chi connectivity index (χ4n) is 0.0913. The zero-order chi connectivity index (χ0) is 6.78. The van der Waals surface area contributed by atoms with Crippen LogP contribution in [-0.2, 0) is 10.1 Å². The molecule has 2 N–H and O–H groups in total. The summed E-state index contributed by atoms with van der Waals surface area (Å²) in [6.45, 7) is -1.05. The summed E-state index contributed by atoms with van der Waals surface area (Å²) in [4.78, 5) is 0. The Morgan fingerprint density at radius 1 is 1.62 bits per heavy atom. The van der Waals surface area contributed by atoms with Crippen molar-refractivity contribution in [2.24, 2.45) is 0 Å². The normalized spacial score (nSPS) is 15.9. The summed E-state index contributed by atoms with van der Waals surface area (Å²) in [7, 11) is -4.70. The molecular formula is C2H5O5S-. The first-order valence-electron chi connectivity index (χ1n) is 1.72. The predicted molar refractivity (Wildman–Crippen MR) is 22.8 cm³/mol. The zero-order valence-corrected chi connectivity index (χ0v) is 4.63. The summed E-state index contributed by atoms with van der Waals surface area (Å²) in [5, 5.41) is 15.9. The Morgan fingerprint density at radius 2 is 2.00 bits per heavy atom. The Balaban J connectivity index is 4.04. The molecule has 0 amide bonds. The Kier molecular flexibility index (Phi) is 2.35. The van der Waals surface area contributed by atoms with Gasteiger partial charge in [0.15, 0.2) is 5.44 Å². The fraction of sp³-hybridized carbons (Fsp3) is 1.00. The van der Waals surface area contributed by atoms with Crippen molar-refractivity contribution in [3.63, 3.8) is 0 Å². The zero-order valence-electron chi connectivity index (χ0n) is 3.81. The Hall–Kier alpha value is -0.170. The number of aliphatic hydroxyl groups is 2. The third kappa shape index (κ3) is 2.22. The Morgan fingerprint density at radius 3 is 2.00 bits per heavy atom. The van der Waals surface area contributed by atoms with Crippen LogP contribution in [0.1, 0.15) is 0 Å². The minimum Gasteiger partial charge on any atom is -0.746 e. The molecule has 0 radical (unpaired) electrons. The van der Waals surface area contributed by atoms with Crippen molar-refractivity contribution in [3.8, 4) is 0 Å². The maximum atomic E-state index is 9.60. The molecule has 0 aliphatic carbocycles. The summed E-state index contributed by atoms with van der Waals surface area (Å²) < 4.78 is 28.8. The first kappa shape index (κ1) is 7.83. The van der Waals surface area contributed by atoms with Gasteiger partial charge in [-0.05, 0) is 0 Å². The highest BCUT2D eigenvalue weighted by atomic mass is 32.2. The van der Waals surface area contributed by atoms with E-state index in [4.69, 9.17) is 10.2 Å². The first-order chi connectivity index (χ1) is 3.48. The maximum absolute atomic E-state index is 9.60. The molecule has 1 atom stereocenters. The molecule has 50 valence electrons. The SMILES string of the molecule is O=S(=O)([O-])C(O)CO. The van der Waals surface area contributed by atoms with Crippen LogP contribution in [0.25, 0.3) is 0 Å². The van der Waals surface area contributed by atoms with E-state index in [1.165, 1.54) is 0 Å². The van der Waals surface area contributed by atoms with Gasteiger partial charge in [-0.15, -0.1) is 0 Å². The van der Waals surface area contributed by atoms with E-state index in [0.717, 1.165) is 0 Å². The van der Waals surface area contributed by atoms with Crippen LogP contribution < -0.4 is 0 Å². The van der Waals surface area contributed by atoms with Crippen molar-refractivity contribution < 1.29 is 23.2 Å². The molecule has 8 heavy (non-hydrogen) atoms. The quantitative estimate of drug-likeness (QED) is 0.427. The molecular weight excluding hydrogens is 136 g/mol. The molecule has 0 spiro atoms. The van der Waals surface area contributed by atoms with Crippen LogP contribution in [0.4, 0.5) is 0 Å². The van der Waals surface area contributed by atoms with Gasteiger partial charge < -0.3 is 14.8 Å². The van der Waals surface area contributed by atoms with Gasteiger partial charge in [-0.25, -0.2) is 8.42 Å². The minimum absolute atomic E-state index is 1.05. The van der Waals surface area contributed by atoms with Gasteiger partial charge in [0.1, 0.15) is 10.1 Å². The van der Waals surface area contributed by atoms with Gasteiger partial charge in [0, 0.05) is 0 Å². The number of rotatable bonds is 2. The van der Waals surface area contributed by atoms with Crippen molar-refractivity contribution >= 4 is 10.1 Å². The highest BCUT2D eigenvalue weighted by Crippen LogP contribution is 1.89. The van der Waals surface area contributed by atoms with E-state index in [0.29, 0.717) is 0 Å². The minimum atomic E-state index is -4.70. The smallest absolute Gasteiger partial charge is 0.166 e. The topological polar surface area (TPSA) is 97.7 Å². The molecule has 0 aromatic carbocycles. The van der Waals surface area contributed by atoms with E-state index in [2.05, 4.69) is 0 Å². The molecule has 5 nitrogen and oxygen atoms in total. The van der Waals surface area contributed by atoms with Gasteiger partial charge in [0.05, 0.1) is 6.61 Å². The summed E-state index contributed by atoms with van der Waals surface area (Å²) >= 11 is 0. The first-order valence-corrected chi connectivity index (χ1v) is 3.19. The lowest BCUT2D eigenvalue weighted by Crippen LogP contribution is -2.23. The van der Waals surface area contributed by atoms with Crippen molar-refractivity contribution in [2.45, 2.75) is 5.44 Å². The lowest BCUT2D eigenvalue weighted by atomic mass is 10.8. The molecule has 0 aliphatic heterocycles. The van der Waals surface area contributed by atoms with E-state index in [-0.39, 0.29) is 0 Å². The molecule has 0 saturated carbocycles. The number of hydrogen-bond donors (Lipinski definition) is 2. The summed E-state index contributed by atoms with van der Waals surface area (Å²) in [5.74, 6) is 0. The van der Waals surface area contributed by atoms with Gasteiger partial charge in [-0.3, -0.25) is 0 Å². The van der Waals surface area contributed by atoms with E-state index in [1.807, 2.05) is 0 Å². The van der Waals surface area contributed by atoms with E-state index < -0.39 is 22.2 Å². The molecule has 6 heteroatoms. The molecule has 1 unspecified atom stereocenters. The molecule has 0 rings (SSSR count). The van der Waals surface area contributed by atoms with Crippen LogP contribution in [0.2, 0.25) is 0 Å². The second-order valence-corrected chi connectivity index (χ2v) is 2.66. The van der Waals surface area contributed by atoms with Crippen molar-refractivity contribution in [1.29, 1.82) is 0 Å². The van der Waals surface area contributed by atoms with Crippen LogP contribution in [0.15, 0.2) is 0 Å². The third-order valence-corrected chi connectivity index (χ3v) is 1.30. The Labute approximate surface area is 46.3 Å². The molecule has 0 aromatic rings. The molecule has 0 saturated heterocycles. The van der Waals surface area contributed by atoms with Gasteiger partial charge in [0.2, 0.25) is 0 Å². The van der Waals surface area contributed by atoms with E-state index in [1.54, 1.807) is 0 Å². The second kappa shape index (κ2) is 2.40. The van der Waals surface area contributed by atoms with Crippen molar-refractivity contribution in [2.75, 3.05) is 6.61 Å². The highest BCUT2D eigenvalue weighted by Gasteiger charge is 2.07. The van der Waals surface area contributed by atoms with Gasteiger partial charge >= 0.3 is 0 Å². The summed E-state index contributed by atoms with van der Waals surface area (Å²) in [5.41, 5.74) is -2.18. The van der Waals surface area contributed by atoms with Crippen LogP contribution in [0.3, 0.4) is 0 Å². The number of aliphatic hydroxyl groups excluding tert-OH is 2. The van der Waals surface area contributed by atoms with E-state index >= 15 is 0 Å². The third-order valence-electron chi connectivity index (χ3n) is 0.489. The summed E-state index contributed by atoms with van der Waals surface area (Å²) in [6.07, 6.45) is 0. The van der Waals surface area contributed by atoms with Crippen molar-refractivity contribution in [1.82, 2.24) is 0 Å². The summed E-state index contributed by atoms with van der Waals surface area (Å²) in [6, 6.07) is 0. The van der Waals surface area contributed by atoms with Crippen LogP contribution in [-0.4, -0.2) is 35.2 Å². The number of hydrogen-bond acceptors (Lipinski definition) is 5. The molecule has 0 fully saturated rings. The highest BCUT2D eigenvalue weighted by molar-refractivity contribution is 7.86. The molecule has 0 aliphatic rings. The van der Waals surface area contributed by atoms with Crippen LogP contribution in [0, 0.1) is 0 Å².